The van der Waals surface area contributed by atoms with Crippen LogP contribution >= 0.6 is 11.3 Å². The van der Waals surface area contributed by atoms with Gasteiger partial charge in [-0.3, -0.25) is 19.9 Å². The van der Waals surface area contributed by atoms with Crippen molar-refractivity contribution in [2.24, 2.45) is 9.98 Å². The number of aromatic nitrogens is 1. The molecule has 0 aliphatic rings. The molecule has 42 heavy (non-hydrogen) atoms. The minimum Gasteiger partial charge on any atom is -0.453 e. The Morgan fingerprint density at radius 3 is 2.69 bits per heavy atom. The quantitative estimate of drug-likeness (QED) is 0.101. The zero-order valence-corrected chi connectivity index (χ0v) is 26.4. The van der Waals surface area contributed by atoms with Crippen LogP contribution in [0, 0.1) is 5.82 Å². The molecule has 0 saturated carbocycles. The second-order valence-electron chi connectivity index (χ2n) is 9.86. The number of thiophene rings is 1. The fraction of sp³-hybridized carbons (Fsp3) is 0.364. The minimum absolute atomic E-state index is 0.173. The molecule has 0 saturated heterocycles. The monoisotopic (exact) mass is 590 g/mol. The van der Waals surface area contributed by atoms with Crippen molar-refractivity contribution >= 4 is 39.2 Å². The highest BCUT2D eigenvalue weighted by atomic mass is 32.1. The molecule has 2 N–H and O–H groups in total. The van der Waals surface area contributed by atoms with Gasteiger partial charge in [-0.2, -0.15) is 0 Å². The van der Waals surface area contributed by atoms with Gasteiger partial charge in [0.15, 0.2) is 11.6 Å². The van der Waals surface area contributed by atoms with Gasteiger partial charge in [-0.1, -0.05) is 13.0 Å². The summed E-state index contributed by atoms with van der Waals surface area (Å²) in [5, 5.41) is 6.47. The Labute approximate surface area is 253 Å². The Bertz CT molecular complexity index is 1460. The van der Waals surface area contributed by atoms with Crippen molar-refractivity contribution < 1.29 is 9.13 Å². The van der Waals surface area contributed by atoms with Crippen molar-refractivity contribution in [3.8, 4) is 11.5 Å². The van der Waals surface area contributed by atoms with Crippen LogP contribution < -0.4 is 15.4 Å². The molecule has 0 atom stereocenters. The number of hydrogen-bond acceptors (Lipinski definition) is 8. The summed E-state index contributed by atoms with van der Waals surface area (Å²) in [6, 6.07) is 8.57. The summed E-state index contributed by atoms with van der Waals surface area (Å²) < 4.78 is 21.3. The van der Waals surface area contributed by atoms with Crippen molar-refractivity contribution in [1.29, 1.82) is 0 Å². The largest absolute Gasteiger partial charge is 0.453 e. The molecule has 2 aromatic heterocycles. The average Bonchev–Trinajstić information content (AvgIpc) is 3.44. The minimum atomic E-state index is -0.425. The van der Waals surface area contributed by atoms with Crippen molar-refractivity contribution in [3.05, 3.63) is 82.9 Å². The van der Waals surface area contributed by atoms with Crippen molar-refractivity contribution in [3.63, 3.8) is 0 Å². The number of halogens is 1. The van der Waals surface area contributed by atoms with E-state index in [1.165, 1.54) is 23.0 Å². The highest BCUT2D eigenvalue weighted by Gasteiger charge is 2.13. The number of ether oxygens (including phenoxy) is 1. The van der Waals surface area contributed by atoms with Crippen LogP contribution in [0.25, 0.3) is 10.2 Å². The van der Waals surface area contributed by atoms with E-state index in [4.69, 9.17) is 9.73 Å². The van der Waals surface area contributed by atoms with E-state index in [0.717, 1.165) is 65.5 Å². The van der Waals surface area contributed by atoms with Gasteiger partial charge in [-0.05, 0) is 76.1 Å². The Morgan fingerprint density at radius 1 is 1.14 bits per heavy atom. The first-order valence-corrected chi connectivity index (χ1v) is 15.2. The number of rotatable bonds is 16. The Hall–Kier alpha value is -3.66. The van der Waals surface area contributed by atoms with Gasteiger partial charge >= 0.3 is 0 Å². The first kappa shape index (κ1) is 32.8. The van der Waals surface area contributed by atoms with Gasteiger partial charge in [-0.25, -0.2) is 4.39 Å². The second kappa shape index (κ2) is 17.3. The molecule has 0 unspecified atom stereocenters. The van der Waals surface area contributed by atoms with Crippen LogP contribution in [-0.4, -0.2) is 61.6 Å². The van der Waals surface area contributed by atoms with E-state index in [-0.39, 0.29) is 5.75 Å². The molecule has 7 nitrogen and oxygen atoms in total. The first-order chi connectivity index (χ1) is 20.4. The van der Waals surface area contributed by atoms with Crippen LogP contribution in [0.1, 0.15) is 45.9 Å². The average molecular weight is 591 g/mol. The maximum Gasteiger partial charge on any atom is 0.167 e. The first-order valence-electron chi connectivity index (χ1n) is 14.3. The van der Waals surface area contributed by atoms with E-state index in [9.17, 15) is 4.39 Å². The molecule has 0 aliphatic carbocycles. The standard InChI is InChI=1S/C33H43FN6OS/c1-7-17-40(23-26(8-2)12-14-36-9-3)18-16-37-21-24(4)22-39-25(5)32-20-29-33(42-32)31(13-15-38-29)41-30-11-10-27(35-6)19-28(30)34/h8-15,19-20,22,35,37H,7,16-18,21,23H2,1-6H3/b14-12-,24-22+,26-8+,36-9?,39-25?. The maximum absolute atomic E-state index is 14.5. The zero-order valence-electron chi connectivity index (χ0n) is 25.6. The SMILES string of the molecule is CC=N/C=C\C(=C/C)CN(CCC)CCNC/C(C)=C/N=C(C)c1cc2nccc(Oc3ccc(NC)cc3F)c2s1. The second-order valence-corrected chi connectivity index (χ2v) is 10.9. The molecule has 3 rings (SSSR count). The van der Waals surface area contributed by atoms with Crippen LogP contribution in [0.2, 0.25) is 0 Å². The molecular weight excluding hydrogens is 547 g/mol. The third-order valence-corrected chi connectivity index (χ3v) is 7.75. The smallest absolute Gasteiger partial charge is 0.167 e. The molecule has 0 aliphatic heterocycles. The number of aliphatic imine (C=N–C) groups is 2. The molecule has 0 spiro atoms. The number of anilines is 1. The Balaban J connectivity index is 1.58. The topological polar surface area (TPSA) is 74.1 Å². The number of hydrogen-bond donors (Lipinski definition) is 2. The zero-order chi connectivity index (χ0) is 30.3. The van der Waals surface area contributed by atoms with E-state index in [1.807, 2.05) is 32.3 Å². The number of pyridine rings is 1. The third-order valence-electron chi connectivity index (χ3n) is 6.50. The van der Waals surface area contributed by atoms with Gasteiger partial charge in [0.1, 0.15) is 5.75 Å². The van der Waals surface area contributed by atoms with Gasteiger partial charge in [0.05, 0.1) is 20.8 Å². The predicted molar refractivity (Wildman–Crippen MR) is 178 cm³/mol. The highest BCUT2D eigenvalue weighted by molar-refractivity contribution is 7.21. The summed E-state index contributed by atoms with van der Waals surface area (Å²) >= 11 is 1.54. The normalized spacial score (nSPS) is 13.3. The summed E-state index contributed by atoms with van der Waals surface area (Å²) in [5.41, 5.74) is 4.78. The summed E-state index contributed by atoms with van der Waals surface area (Å²) in [4.78, 5) is 16.8. The molecule has 2 heterocycles. The molecule has 0 fully saturated rings. The highest BCUT2D eigenvalue weighted by Crippen LogP contribution is 2.36. The van der Waals surface area contributed by atoms with Crippen LogP contribution in [-0.2, 0) is 0 Å². The van der Waals surface area contributed by atoms with Crippen LogP contribution in [0.5, 0.6) is 11.5 Å². The van der Waals surface area contributed by atoms with E-state index in [2.05, 4.69) is 58.4 Å². The molecule has 0 bridgehead atoms. The molecular formula is C33H43FN6OS. The maximum atomic E-state index is 14.5. The van der Waals surface area contributed by atoms with Crippen LogP contribution in [0.4, 0.5) is 10.1 Å². The van der Waals surface area contributed by atoms with E-state index >= 15 is 0 Å². The third kappa shape index (κ3) is 10.0. The van der Waals surface area contributed by atoms with E-state index in [1.54, 1.807) is 37.7 Å². The van der Waals surface area contributed by atoms with E-state index < -0.39 is 5.82 Å². The van der Waals surface area contributed by atoms with Gasteiger partial charge < -0.3 is 15.4 Å². The summed E-state index contributed by atoms with van der Waals surface area (Å²) in [7, 11) is 1.75. The van der Waals surface area contributed by atoms with Gasteiger partial charge in [0, 0.05) is 75.9 Å². The van der Waals surface area contributed by atoms with Crippen LogP contribution in [0.15, 0.2) is 82.2 Å². The lowest BCUT2D eigenvalue weighted by molar-refractivity contribution is 0.298. The lowest BCUT2D eigenvalue weighted by Crippen LogP contribution is -2.34. The molecule has 0 radical (unpaired) electrons. The summed E-state index contributed by atoms with van der Waals surface area (Å²) in [5.74, 6) is 0.317. The number of allylic oxidation sites excluding steroid dienone is 1. The van der Waals surface area contributed by atoms with Crippen molar-refractivity contribution in [2.45, 2.75) is 41.0 Å². The number of fused-ring (bicyclic) bond motifs is 1. The molecule has 9 heteroatoms. The fourth-order valence-corrected chi connectivity index (χ4v) is 5.20. The molecule has 224 valence electrons. The number of nitrogens with one attached hydrogen (secondary N) is 2. The Kier molecular flexibility index (Phi) is 13.6. The number of nitrogens with zero attached hydrogens (tertiary/aromatic N) is 4. The van der Waals surface area contributed by atoms with Crippen molar-refractivity contribution in [2.75, 3.05) is 45.1 Å². The number of benzene rings is 1. The summed E-state index contributed by atoms with van der Waals surface area (Å²) in [6.07, 6.45) is 12.6. The lowest BCUT2D eigenvalue weighted by atomic mass is 10.2. The van der Waals surface area contributed by atoms with Gasteiger partial charge in [-0.15, -0.1) is 11.3 Å². The van der Waals surface area contributed by atoms with E-state index in [0.29, 0.717) is 11.4 Å². The van der Waals surface area contributed by atoms with Crippen LogP contribution in [0.3, 0.4) is 0 Å². The fourth-order valence-electron chi connectivity index (χ4n) is 4.18. The van der Waals surface area contributed by atoms with Gasteiger partial charge in [0.2, 0.25) is 0 Å². The molecule has 1 aromatic carbocycles. The molecule has 3 aromatic rings. The molecule has 0 amide bonds. The summed E-state index contributed by atoms with van der Waals surface area (Å²) in [6.45, 7) is 14.9. The van der Waals surface area contributed by atoms with Gasteiger partial charge in [0.25, 0.3) is 0 Å². The predicted octanol–water partition coefficient (Wildman–Crippen LogP) is 7.83. The Morgan fingerprint density at radius 2 is 1.98 bits per heavy atom. The lowest BCUT2D eigenvalue weighted by Gasteiger charge is -2.22. The van der Waals surface area contributed by atoms with Crippen molar-refractivity contribution in [1.82, 2.24) is 15.2 Å².